The third-order valence-electron chi connectivity index (χ3n) is 2.71. The van der Waals surface area contributed by atoms with Gasteiger partial charge in [0.25, 0.3) is 0 Å². The van der Waals surface area contributed by atoms with E-state index in [1.807, 2.05) is 12.1 Å². The van der Waals surface area contributed by atoms with Gasteiger partial charge in [0.15, 0.2) is 0 Å². The lowest BCUT2D eigenvalue weighted by molar-refractivity contribution is -0.121. The number of nitrogens with one attached hydrogen (secondary N) is 2. The highest BCUT2D eigenvalue weighted by molar-refractivity contribution is 5.75. The minimum Gasteiger partial charge on any atom is -0.352 e. The molecule has 1 aromatic carbocycles. The lowest BCUT2D eigenvalue weighted by Gasteiger charge is -2.08. The third-order valence-corrected chi connectivity index (χ3v) is 2.71. The number of benzene rings is 1. The van der Waals surface area contributed by atoms with Gasteiger partial charge in [0.2, 0.25) is 5.91 Å². The van der Waals surface area contributed by atoms with Gasteiger partial charge in [0.1, 0.15) is 0 Å². The van der Waals surface area contributed by atoms with Crippen molar-refractivity contribution in [3.8, 4) is 0 Å². The van der Waals surface area contributed by atoms with Crippen LogP contribution in [-0.2, 0) is 11.3 Å². The van der Waals surface area contributed by atoms with Gasteiger partial charge in [-0.1, -0.05) is 43.7 Å². The number of rotatable bonds is 7. The SMILES string of the molecule is Cc1cccc(CNC(=O)CCCNC(C)C)c1. The van der Waals surface area contributed by atoms with Crippen molar-refractivity contribution in [3.63, 3.8) is 0 Å². The lowest BCUT2D eigenvalue weighted by Crippen LogP contribution is -2.27. The van der Waals surface area contributed by atoms with Crippen LogP contribution in [0.5, 0.6) is 0 Å². The van der Waals surface area contributed by atoms with Gasteiger partial charge in [-0.25, -0.2) is 0 Å². The number of amides is 1. The second-order valence-electron chi connectivity index (χ2n) is 4.98. The molecule has 1 aromatic rings. The zero-order valence-corrected chi connectivity index (χ0v) is 11.6. The Balaban J connectivity index is 2.17. The molecule has 2 N–H and O–H groups in total. The second kappa shape index (κ2) is 7.88. The summed E-state index contributed by atoms with van der Waals surface area (Å²) in [6.45, 7) is 7.80. The van der Waals surface area contributed by atoms with Gasteiger partial charge in [0, 0.05) is 19.0 Å². The molecule has 0 aliphatic carbocycles. The Labute approximate surface area is 110 Å². The summed E-state index contributed by atoms with van der Waals surface area (Å²) < 4.78 is 0. The fourth-order valence-electron chi connectivity index (χ4n) is 1.75. The maximum absolute atomic E-state index is 11.6. The van der Waals surface area contributed by atoms with Crippen LogP contribution in [0.15, 0.2) is 24.3 Å². The number of aryl methyl sites for hydroxylation is 1. The molecule has 0 spiro atoms. The van der Waals surface area contributed by atoms with Gasteiger partial charge in [-0.3, -0.25) is 4.79 Å². The molecule has 3 nitrogen and oxygen atoms in total. The molecule has 100 valence electrons. The zero-order valence-electron chi connectivity index (χ0n) is 11.6. The lowest BCUT2D eigenvalue weighted by atomic mass is 10.1. The number of hydrogen-bond donors (Lipinski definition) is 2. The predicted molar refractivity (Wildman–Crippen MR) is 75.4 cm³/mol. The topological polar surface area (TPSA) is 41.1 Å². The third kappa shape index (κ3) is 6.40. The van der Waals surface area contributed by atoms with Crippen molar-refractivity contribution in [1.82, 2.24) is 10.6 Å². The van der Waals surface area contributed by atoms with Crippen LogP contribution in [0.4, 0.5) is 0 Å². The van der Waals surface area contributed by atoms with Crippen LogP contribution in [0.2, 0.25) is 0 Å². The monoisotopic (exact) mass is 248 g/mol. The molecule has 0 radical (unpaired) electrons. The summed E-state index contributed by atoms with van der Waals surface area (Å²) in [5.74, 6) is 0.127. The molecule has 0 aromatic heterocycles. The molecule has 0 unspecified atom stereocenters. The summed E-state index contributed by atoms with van der Waals surface area (Å²) in [5, 5.41) is 6.25. The average molecular weight is 248 g/mol. The van der Waals surface area contributed by atoms with Gasteiger partial charge >= 0.3 is 0 Å². The Morgan fingerprint density at radius 1 is 1.33 bits per heavy atom. The Morgan fingerprint density at radius 2 is 2.11 bits per heavy atom. The molecule has 0 fully saturated rings. The van der Waals surface area contributed by atoms with Crippen molar-refractivity contribution in [2.24, 2.45) is 0 Å². The van der Waals surface area contributed by atoms with Crippen LogP contribution >= 0.6 is 0 Å². The number of hydrogen-bond acceptors (Lipinski definition) is 2. The Hall–Kier alpha value is -1.35. The Kier molecular flexibility index (Phi) is 6.44. The molecule has 0 atom stereocenters. The van der Waals surface area contributed by atoms with Crippen molar-refractivity contribution < 1.29 is 4.79 Å². The standard InChI is InChI=1S/C15H24N2O/c1-12(2)16-9-5-8-15(18)17-11-14-7-4-6-13(3)10-14/h4,6-7,10,12,16H,5,8-9,11H2,1-3H3,(H,17,18). The molecule has 0 aliphatic heterocycles. The first kappa shape index (κ1) is 14.7. The van der Waals surface area contributed by atoms with Crippen LogP contribution in [0.1, 0.15) is 37.8 Å². The highest BCUT2D eigenvalue weighted by Gasteiger charge is 2.01. The summed E-state index contributed by atoms with van der Waals surface area (Å²) in [4.78, 5) is 11.6. The summed E-state index contributed by atoms with van der Waals surface area (Å²) in [7, 11) is 0. The first-order chi connectivity index (χ1) is 8.58. The average Bonchev–Trinajstić information content (AvgIpc) is 2.32. The van der Waals surface area contributed by atoms with E-state index >= 15 is 0 Å². The van der Waals surface area contributed by atoms with E-state index in [-0.39, 0.29) is 5.91 Å². The molecule has 3 heteroatoms. The van der Waals surface area contributed by atoms with Crippen LogP contribution in [0.3, 0.4) is 0 Å². The highest BCUT2D eigenvalue weighted by Crippen LogP contribution is 2.03. The van der Waals surface area contributed by atoms with Crippen molar-refractivity contribution >= 4 is 5.91 Å². The minimum absolute atomic E-state index is 0.127. The predicted octanol–water partition coefficient (Wildman–Crippen LogP) is 2.39. The van der Waals surface area contributed by atoms with Crippen molar-refractivity contribution in [3.05, 3.63) is 35.4 Å². The van der Waals surface area contributed by atoms with Gasteiger partial charge in [-0.2, -0.15) is 0 Å². The summed E-state index contributed by atoms with van der Waals surface area (Å²) in [6.07, 6.45) is 1.48. The summed E-state index contributed by atoms with van der Waals surface area (Å²) in [5.41, 5.74) is 2.38. The van der Waals surface area contributed by atoms with E-state index < -0.39 is 0 Å². The molecule has 0 saturated heterocycles. The van der Waals surface area contributed by atoms with Gasteiger partial charge < -0.3 is 10.6 Å². The first-order valence-corrected chi connectivity index (χ1v) is 6.63. The molecule has 0 heterocycles. The fraction of sp³-hybridized carbons (Fsp3) is 0.533. The first-order valence-electron chi connectivity index (χ1n) is 6.63. The Bertz CT molecular complexity index is 375. The van der Waals surface area contributed by atoms with E-state index in [2.05, 4.69) is 43.5 Å². The van der Waals surface area contributed by atoms with Crippen molar-refractivity contribution in [1.29, 1.82) is 0 Å². The van der Waals surface area contributed by atoms with E-state index in [9.17, 15) is 4.79 Å². The molecule has 0 aliphatic rings. The molecule has 0 bridgehead atoms. The van der Waals surface area contributed by atoms with E-state index in [4.69, 9.17) is 0 Å². The molecule has 18 heavy (non-hydrogen) atoms. The van der Waals surface area contributed by atoms with Crippen LogP contribution in [0, 0.1) is 6.92 Å². The van der Waals surface area contributed by atoms with Gasteiger partial charge in [0.05, 0.1) is 0 Å². The van der Waals surface area contributed by atoms with Crippen LogP contribution < -0.4 is 10.6 Å². The maximum Gasteiger partial charge on any atom is 0.220 e. The van der Waals surface area contributed by atoms with Crippen LogP contribution in [-0.4, -0.2) is 18.5 Å². The van der Waals surface area contributed by atoms with E-state index in [1.165, 1.54) is 5.56 Å². The van der Waals surface area contributed by atoms with Gasteiger partial charge in [-0.05, 0) is 25.5 Å². The molecule has 0 saturated carbocycles. The summed E-state index contributed by atoms with van der Waals surface area (Å²) >= 11 is 0. The smallest absolute Gasteiger partial charge is 0.220 e. The molecular formula is C15H24N2O. The van der Waals surface area contributed by atoms with E-state index in [1.54, 1.807) is 0 Å². The number of carbonyl (C=O) groups is 1. The fourth-order valence-corrected chi connectivity index (χ4v) is 1.75. The largest absolute Gasteiger partial charge is 0.352 e. The van der Waals surface area contributed by atoms with Crippen molar-refractivity contribution in [2.45, 2.75) is 46.2 Å². The Morgan fingerprint density at radius 3 is 2.78 bits per heavy atom. The van der Waals surface area contributed by atoms with Crippen LogP contribution in [0.25, 0.3) is 0 Å². The highest BCUT2D eigenvalue weighted by atomic mass is 16.1. The van der Waals surface area contributed by atoms with E-state index in [0.717, 1.165) is 18.5 Å². The van der Waals surface area contributed by atoms with Gasteiger partial charge in [-0.15, -0.1) is 0 Å². The van der Waals surface area contributed by atoms with E-state index in [0.29, 0.717) is 19.0 Å². The normalized spacial score (nSPS) is 10.7. The van der Waals surface area contributed by atoms with Crippen molar-refractivity contribution in [2.75, 3.05) is 6.54 Å². The molecular weight excluding hydrogens is 224 g/mol. The zero-order chi connectivity index (χ0) is 13.4. The second-order valence-corrected chi connectivity index (χ2v) is 4.98. The summed E-state index contributed by atoms with van der Waals surface area (Å²) in [6, 6.07) is 8.70. The molecule has 1 amide bonds. The number of carbonyl (C=O) groups excluding carboxylic acids is 1. The molecule has 1 rings (SSSR count). The minimum atomic E-state index is 0.127. The maximum atomic E-state index is 11.6. The quantitative estimate of drug-likeness (QED) is 0.727.